The Morgan fingerprint density at radius 1 is 1.22 bits per heavy atom. The van der Waals surface area contributed by atoms with Crippen LogP contribution in [-0.2, 0) is 6.61 Å². The fraction of sp³-hybridized carbons (Fsp3) is 0.0588. The lowest BCUT2D eigenvalue weighted by atomic mass is 10.2. The third-order valence-corrected chi connectivity index (χ3v) is 3.15. The molecule has 0 aliphatic heterocycles. The Hall–Kier alpha value is -3.15. The average Bonchev–Trinajstić information content (AvgIpc) is 3.02. The van der Waals surface area contributed by atoms with E-state index in [1.807, 2.05) is 0 Å². The van der Waals surface area contributed by atoms with Crippen LogP contribution in [0.5, 0.6) is 5.75 Å². The maximum atomic E-state index is 13.2. The van der Waals surface area contributed by atoms with Crippen molar-refractivity contribution in [1.29, 1.82) is 0 Å². The monoisotopic (exact) mass is 312 g/mol. The van der Waals surface area contributed by atoms with Gasteiger partial charge in [0.2, 0.25) is 5.89 Å². The quantitative estimate of drug-likeness (QED) is 0.785. The van der Waals surface area contributed by atoms with Crippen LogP contribution in [0.4, 0.5) is 4.39 Å². The van der Waals surface area contributed by atoms with Crippen LogP contribution in [0, 0.1) is 5.82 Å². The van der Waals surface area contributed by atoms with Gasteiger partial charge in [-0.05, 0) is 30.3 Å². The van der Waals surface area contributed by atoms with E-state index >= 15 is 0 Å². The maximum Gasteiger partial charge on any atom is 0.252 e. The van der Waals surface area contributed by atoms with Gasteiger partial charge >= 0.3 is 0 Å². The number of oxazole rings is 1. The van der Waals surface area contributed by atoms with Crippen molar-refractivity contribution in [1.82, 2.24) is 4.98 Å². The van der Waals surface area contributed by atoms with E-state index in [4.69, 9.17) is 14.9 Å². The van der Waals surface area contributed by atoms with Crippen molar-refractivity contribution < 1.29 is 18.3 Å². The fourth-order valence-corrected chi connectivity index (χ4v) is 2.08. The van der Waals surface area contributed by atoms with Crippen molar-refractivity contribution in [2.24, 2.45) is 5.73 Å². The smallest absolute Gasteiger partial charge is 0.252 e. The van der Waals surface area contributed by atoms with Gasteiger partial charge < -0.3 is 14.9 Å². The molecule has 1 amide bonds. The summed E-state index contributed by atoms with van der Waals surface area (Å²) in [4.78, 5) is 15.6. The van der Waals surface area contributed by atoms with Crippen LogP contribution >= 0.6 is 0 Å². The van der Waals surface area contributed by atoms with Gasteiger partial charge in [0, 0.05) is 5.56 Å². The molecule has 0 radical (unpaired) electrons. The highest BCUT2D eigenvalue weighted by Gasteiger charge is 2.11. The van der Waals surface area contributed by atoms with E-state index in [-0.39, 0.29) is 12.4 Å². The van der Waals surface area contributed by atoms with Crippen LogP contribution in [-0.4, -0.2) is 10.9 Å². The zero-order valence-electron chi connectivity index (χ0n) is 12.0. The van der Waals surface area contributed by atoms with Gasteiger partial charge in [-0.2, -0.15) is 0 Å². The highest BCUT2D eigenvalue weighted by molar-refractivity contribution is 5.95. The molecule has 1 aromatic heterocycles. The van der Waals surface area contributed by atoms with Crippen LogP contribution < -0.4 is 10.5 Å². The Kier molecular flexibility index (Phi) is 4.05. The Morgan fingerprint density at radius 2 is 2.04 bits per heavy atom. The fourth-order valence-electron chi connectivity index (χ4n) is 2.08. The highest BCUT2D eigenvalue weighted by atomic mass is 19.1. The van der Waals surface area contributed by atoms with Crippen molar-refractivity contribution >= 4 is 5.91 Å². The van der Waals surface area contributed by atoms with Gasteiger partial charge in [0.25, 0.3) is 5.91 Å². The number of aromatic nitrogens is 1. The normalized spacial score (nSPS) is 10.5. The number of hydrogen-bond donors (Lipinski definition) is 1. The summed E-state index contributed by atoms with van der Waals surface area (Å²) in [6, 6.07) is 12.6. The Labute approximate surface area is 131 Å². The molecule has 2 aromatic carbocycles. The van der Waals surface area contributed by atoms with Gasteiger partial charge in [-0.15, -0.1) is 0 Å². The molecule has 23 heavy (non-hydrogen) atoms. The summed E-state index contributed by atoms with van der Waals surface area (Å²) >= 11 is 0. The van der Waals surface area contributed by atoms with Gasteiger partial charge in [0.15, 0.2) is 0 Å². The highest BCUT2D eigenvalue weighted by Crippen LogP contribution is 2.22. The van der Waals surface area contributed by atoms with E-state index in [2.05, 4.69) is 4.98 Å². The molecular weight excluding hydrogens is 299 g/mol. The summed E-state index contributed by atoms with van der Waals surface area (Å²) in [6.45, 7) is 0.100. The maximum absolute atomic E-state index is 13.2. The Balaban J connectivity index is 1.74. The predicted molar refractivity (Wildman–Crippen MR) is 81.2 cm³/mol. The average molecular weight is 312 g/mol. The molecule has 6 heteroatoms. The molecule has 116 valence electrons. The number of primary amides is 1. The van der Waals surface area contributed by atoms with E-state index < -0.39 is 5.91 Å². The number of amides is 1. The van der Waals surface area contributed by atoms with Gasteiger partial charge in [-0.3, -0.25) is 4.79 Å². The molecule has 2 N–H and O–H groups in total. The molecular formula is C17H13FN2O3. The summed E-state index contributed by atoms with van der Waals surface area (Å²) in [5.74, 6) is -0.267. The number of nitrogens with zero attached hydrogens (tertiary/aromatic N) is 1. The molecule has 0 saturated carbocycles. The summed E-state index contributed by atoms with van der Waals surface area (Å²) in [7, 11) is 0. The molecule has 0 saturated heterocycles. The first-order chi connectivity index (χ1) is 11.1. The van der Waals surface area contributed by atoms with E-state index in [1.54, 1.807) is 36.4 Å². The second-order valence-corrected chi connectivity index (χ2v) is 4.80. The minimum absolute atomic E-state index is 0.100. The number of benzene rings is 2. The molecule has 3 aromatic rings. The minimum atomic E-state index is -0.568. The van der Waals surface area contributed by atoms with Crippen LogP contribution in [0.2, 0.25) is 0 Å². The number of ether oxygens (including phenoxy) is 1. The molecule has 0 fully saturated rings. The van der Waals surface area contributed by atoms with E-state index in [1.165, 1.54) is 18.4 Å². The summed E-state index contributed by atoms with van der Waals surface area (Å²) in [5, 5.41) is 0. The minimum Gasteiger partial charge on any atom is -0.486 e. The van der Waals surface area contributed by atoms with E-state index in [0.29, 0.717) is 28.5 Å². The number of carbonyl (C=O) groups excluding carboxylic acids is 1. The largest absolute Gasteiger partial charge is 0.486 e. The molecule has 0 spiro atoms. The van der Waals surface area contributed by atoms with Gasteiger partial charge in [0.1, 0.15) is 30.1 Å². The van der Waals surface area contributed by atoms with E-state index in [9.17, 15) is 9.18 Å². The van der Waals surface area contributed by atoms with Crippen LogP contribution in [0.1, 0.15) is 16.1 Å². The number of carbonyl (C=O) groups is 1. The topological polar surface area (TPSA) is 78.4 Å². The van der Waals surface area contributed by atoms with Gasteiger partial charge in [0.05, 0.1) is 5.56 Å². The summed E-state index contributed by atoms with van der Waals surface area (Å²) in [6.07, 6.45) is 1.42. The molecule has 1 heterocycles. The molecule has 0 bridgehead atoms. The third kappa shape index (κ3) is 3.37. The van der Waals surface area contributed by atoms with Crippen molar-refractivity contribution in [3.63, 3.8) is 0 Å². The van der Waals surface area contributed by atoms with Gasteiger partial charge in [-0.1, -0.05) is 18.2 Å². The Bertz CT molecular complexity index is 845. The zero-order chi connectivity index (χ0) is 16.2. The van der Waals surface area contributed by atoms with Crippen molar-refractivity contribution in [2.45, 2.75) is 6.61 Å². The lowest BCUT2D eigenvalue weighted by molar-refractivity contribution is 0.0996. The third-order valence-electron chi connectivity index (χ3n) is 3.15. The first-order valence-corrected chi connectivity index (χ1v) is 6.85. The number of halogens is 1. The number of hydrogen-bond acceptors (Lipinski definition) is 4. The van der Waals surface area contributed by atoms with Crippen LogP contribution in [0.15, 0.2) is 59.2 Å². The standard InChI is InChI=1S/C17H13FN2O3/c18-12-5-3-4-11(8-12)17-20-13(10-23-17)9-22-15-7-2-1-6-14(15)16(19)21/h1-8,10H,9H2,(H2,19,21). The van der Waals surface area contributed by atoms with Crippen molar-refractivity contribution in [3.8, 4) is 17.2 Å². The summed E-state index contributed by atoms with van der Waals surface area (Å²) in [5.41, 5.74) is 6.64. The molecule has 3 rings (SSSR count). The second kappa shape index (κ2) is 6.31. The van der Waals surface area contributed by atoms with Crippen LogP contribution in [0.25, 0.3) is 11.5 Å². The Morgan fingerprint density at radius 3 is 2.83 bits per heavy atom. The molecule has 5 nitrogen and oxygen atoms in total. The molecule has 0 atom stereocenters. The van der Waals surface area contributed by atoms with E-state index in [0.717, 1.165) is 0 Å². The van der Waals surface area contributed by atoms with Crippen molar-refractivity contribution in [2.75, 3.05) is 0 Å². The SMILES string of the molecule is NC(=O)c1ccccc1OCc1coc(-c2cccc(F)c2)n1. The number of para-hydroxylation sites is 1. The van der Waals surface area contributed by atoms with Crippen LogP contribution in [0.3, 0.4) is 0 Å². The predicted octanol–water partition coefficient (Wildman–Crippen LogP) is 3.16. The number of rotatable bonds is 5. The first kappa shape index (κ1) is 14.8. The van der Waals surface area contributed by atoms with Crippen molar-refractivity contribution in [3.05, 3.63) is 71.9 Å². The molecule has 0 unspecified atom stereocenters. The summed E-state index contributed by atoms with van der Waals surface area (Å²) < 4.78 is 24.1. The zero-order valence-corrected chi connectivity index (χ0v) is 12.0. The second-order valence-electron chi connectivity index (χ2n) is 4.80. The van der Waals surface area contributed by atoms with Gasteiger partial charge in [-0.25, -0.2) is 9.37 Å². The lowest BCUT2D eigenvalue weighted by Gasteiger charge is -2.07. The number of nitrogens with two attached hydrogens (primary N) is 1. The lowest BCUT2D eigenvalue weighted by Crippen LogP contribution is -2.12. The molecule has 0 aliphatic rings. The molecule has 0 aliphatic carbocycles. The first-order valence-electron chi connectivity index (χ1n) is 6.85.